The molecule has 0 radical (unpaired) electrons. The summed E-state index contributed by atoms with van der Waals surface area (Å²) in [5, 5.41) is 11.3. The Morgan fingerprint density at radius 3 is 2.95 bits per heavy atom. The van der Waals surface area contributed by atoms with Crippen LogP contribution < -0.4 is 14.8 Å². The van der Waals surface area contributed by atoms with Crippen molar-refractivity contribution in [1.29, 1.82) is 0 Å². The summed E-state index contributed by atoms with van der Waals surface area (Å²) in [6.07, 6.45) is -0.0817. The molecule has 2 rings (SSSR count). The zero-order valence-corrected chi connectivity index (χ0v) is 11.1. The molecule has 1 aliphatic heterocycles. The van der Waals surface area contributed by atoms with Gasteiger partial charge in [0, 0.05) is 25.7 Å². The largest absolute Gasteiger partial charge is 0.481 e. The zero-order chi connectivity index (χ0) is 14.5. The number of rotatable bonds is 5. The highest BCUT2D eigenvalue weighted by Crippen LogP contribution is 2.35. The molecule has 0 spiro atoms. The minimum absolute atomic E-state index is 0.0817. The van der Waals surface area contributed by atoms with Gasteiger partial charge in [0.05, 0.1) is 6.42 Å². The first kappa shape index (κ1) is 14.0. The Balaban J connectivity index is 1.87. The maximum Gasteiger partial charge on any atom is 0.317 e. The minimum Gasteiger partial charge on any atom is -0.481 e. The monoisotopic (exact) mass is 280 g/mol. The minimum atomic E-state index is -0.934. The van der Waals surface area contributed by atoms with E-state index < -0.39 is 5.97 Å². The normalized spacial score (nSPS) is 12.1. The summed E-state index contributed by atoms with van der Waals surface area (Å²) in [5.41, 5.74) is 0.819. The molecular weight excluding hydrogens is 264 g/mol. The molecule has 1 heterocycles. The molecule has 1 aromatic carbocycles. The van der Waals surface area contributed by atoms with Gasteiger partial charge in [-0.3, -0.25) is 4.79 Å². The summed E-state index contributed by atoms with van der Waals surface area (Å²) in [5.74, 6) is 0.369. The van der Waals surface area contributed by atoms with Crippen molar-refractivity contribution in [2.45, 2.75) is 13.0 Å². The van der Waals surface area contributed by atoms with Gasteiger partial charge in [-0.1, -0.05) is 12.1 Å². The van der Waals surface area contributed by atoms with Gasteiger partial charge in [0.1, 0.15) is 0 Å². The molecule has 7 heteroatoms. The van der Waals surface area contributed by atoms with Gasteiger partial charge in [0.2, 0.25) is 6.79 Å². The van der Waals surface area contributed by atoms with Crippen LogP contribution in [0.1, 0.15) is 12.0 Å². The maximum absolute atomic E-state index is 11.8. The third kappa shape index (κ3) is 3.31. The van der Waals surface area contributed by atoms with Crippen molar-refractivity contribution in [3.8, 4) is 11.5 Å². The number of fused-ring (bicyclic) bond motifs is 1. The van der Waals surface area contributed by atoms with Crippen LogP contribution in [0.4, 0.5) is 4.79 Å². The van der Waals surface area contributed by atoms with E-state index in [9.17, 15) is 9.59 Å². The van der Waals surface area contributed by atoms with E-state index in [0.29, 0.717) is 18.0 Å². The lowest BCUT2D eigenvalue weighted by molar-refractivity contribution is -0.137. The van der Waals surface area contributed by atoms with Crippen molar-refractivity contribution < 1.29 is 24.2 Å². The van der Waals surface area contributed by atoms with Crippen LogP contribution in [-0.2, 0) is 11.3 Å². The number of para-hydroxylation sites is 1. The van der Waals surface area contributed by atoms with Crippen molar-refractivity contribution >= 4 is 12.0 Å². The average Bonchev–Trinajstić information content (AvgIpc) is 2.90. The molecule has 0 atom stereocenters. The number of carbonyl (C=O) groups excluding carboxylic acids is 1. The van der Waals surface area contributed by atoms with E-state index in [1.165, 1.54) is 4.90 Å². The number of benzene rings is 1. The summed E-state index contributed by atoms with van der Waals surface area (Å²) >= 11 is 0. The number of nitrogens with zero attached hydrogens (tertiary/aromatic N) is 1. The summed E-state index contributed by atoms with van der Waals surface area (Å²) in [6.45, 7) is 0.634. The number of urea groups is 1. The van der Waals surface area contributed by atoms with E-state index in [0.717, 1.165) is 5.56 Å². The fourth-order valence-electron chi connectivity index (χ4n) is 1.80. The molecule has 0 bridgehead atoms. The zero-order valence-electron chi connectivity index (χ0n) is 11.1. The van der Waals surface area contributed by atoms with Gasteiger partial charge >= 0.3 is 12.0 Å². The Labute approximate surface area is 116 Å². The first-order chi connectivity index (χ1) is 9.58. The molecule has 0 unspecified atom stereocenters. The summed E-state index contributed by atoms with van der Waals surface area (Å²) < 4.78 is 10.6. The van der Waals surface area contributed by atoms with Gasteiger partial charge in [0.25, 0.3) is 0 Å². The van der Waals surface area contributed by atoms with E-state index in [1.54, 1.807) is 13.1 Å². The van der Waals surface area contributed by atoms with Gasteiger partial charge in [0.15, 0.2) is 11.5 Å². The second-order valence-electron chi connectivity index (χ2n) is 4.37. The molecule has 0 fully saturated rings. The van der Waals surface area contributed by atoms with E-state index in [-0.39, 0.29) is 25.8 Å². The van der Waals surface area contributed by atoms with Gasteiger partial charge in [-0.25, -0.2) is 4.79 Å². The van der Waals surface area contributed by atoms with Crippen molar-refractivity contribution in [3.05, 3.63) is 23.8 Å². The number of carboxylic acid groups (broad SMARTS) is 1. The summed E-state index contributed by atoms with van der Waals surface area (Å²) in [4.78, 5) is 23.6. The van der Waals surface area contributed by atoms with Crippen LogP contribution in [0.3, 0.4) is 0 Å². The second kappa shape index (κ2) is 6.14. The third-order valence-corrected chi connectivity index (χ3v) is 2.92. The highest BCUT2D eigenvalue weighted by molar-refractivity contribution is 5.75. The lowest BCUT2D eigenvalue weighted by Gasteiger charge is -2.17. The van der Waals surface area contributed by atoms with Crippen LogP contribution >= 0.6 is 0 Å². The topological polar surface area (TPSA) is 88.1 Å². The number of amides is 2. The Kier molecular flexibility index (Phi) is 4.29. The van der Waals surface area contributed by atoms with E-state index in [2.05, 4.69) is 5.32 Å². The predicted molar refractivity (Wildman–Crippen MR) is 69.7 cm³/mol. The fraction of sp³-hybridized carbons (Fsp3) is 0.385. The standard InChI is InChI=1S/C13H16N2O5/c1-15(6-5-11(16)17)13(18)14-7-9-3-2-4-10-12(9)20-8-19-10/h2-4H,5-8H2,1H3,(H,14,18)(H,16,17). The quantitative estimate of drug-likeness (QED) is 0.841. The van der Waals surface area contributed by atoms with Crippen LogP contribution in [0.25, 0.3) is 0 Å². The highest BCUT2D eigenvalue weighted by atomic mass is 16.7. The van der Waals surface area contributed by atoms with Gasteiger partial charge in [-0.05, 0) is 6.07 Å². The van der Waals surface area contributed by atoms with E-state index in [1.807, 2.05) is 12.1 Å². The first-order valence-electron chi connectivity index (χ1n) is 6.16. The van der Waals surface area contributed by atoms with Crippen LogP contribution in [0, 0.1) is 0 Å². The molecule has 7 nitrogen and oxygen atoms in total. The van der Waals surface area contributed by atoms with Crippen molar-refractivity contribution in [2.75, 3.05) is 20.4 Å². The highest BCUT2D eigenvalue weighted by Gasteiger charge is 2.18. The Morgan fingerprint density at radius 1 is 1.40 bits per heavy atom. The molecular formula is C13H16N2O5. The predicted octanol–water partition coefficient (Wildman–Crippen LogP) is 1.03. The van der Waals surface area contributed by atoms with Crippen LogP contribution in [0.5, 0.6) is 11.5 Å². The van der Waals surface area contributed by atoms with Gasteiger partial charge in [-0.2, -0.15) is 0 Å². The number of nitrogens with one attached hydrogen (secondary N) is 1. The molecule has 2 N–H and O–H groups in total. The second-order valence-corrected chi connectivity index (χ2v) is 4.37. The SMILES string of the molecule is CN(CCC(=O)O)C(=O)NCc1cccc2c1OCO2. The number of aliphatic carboxylic acids is 1. The fourth-order valence-corrected chi connectivity index (χ4v) is 1.80. The average molecular weight is 280 g/mol. The smallest absolute Gasteiger partial charge is 0.317 e. The maximum atomic E-state index is 11.8. The summed E-state index contributed by atoms with van der Waals surface area (Å²) in [6, 6.07) is 5.13. The van der Waals surface area contributed by atoms with Crippen molar-refractivity contribution in [2.24, 2.45) is 0 Å². The number of hydrogen-bond acceptors (Lipinski definition) is 4. The number of ether oxygens (including phenoxy) is 2. The number of hydrogen-bond donors (Lipinski definition) is 2. The number of carboxylic acids is 1. The first-order valence-corrected chi connectivity index (χ1v) is 6.16. The lowest BCUT2D eigenvalue weighted by Crippen LogP contribution is -2.38. The van der Waals surface area contributed by atoms with E-state index >= 15 is 0 Å². The Hall–Kier alpha value is -2.44. The van der Waals surface area contributed by atoms with Crippen molar-refractivity contribution in [1.82, 2.24) is 10.2 Å². The van der Waals surface area contributed by atoms with Crippen LogP contribution in [-0.4, -0.2) is 42.4 Å². The molecule has 20 heavy (non-hydrogen) atoms. The molecule has 0 aromatic heterocycles. The summed E-state index contributed by atoms with van der Waals surface area (Å²) in [7, 11) is 1.55. The molecule has 108 valence electrons. The molecule has 2 amide bonds. The van der Waals surface area contributed by atoms with Crippen molar-refractivity contribution in [3.63, 3.8) is 0 Å². The molecule has 1 aliphatic rings. The Bertz CT molecular complexity index is 517. The lowest BCUT2D eigenvalue weighted by atomic mass is 10.2. The number of carbonyl (C=O) groups is 2. The molecule has 0 aliphatic carbocycles. The molecule has 0 saturated heterocycles. The van der Waals surface area contributed by atoms with Gasteiger partial charge in [-0.15, -0.1) is 0 Å². The Morgan fingerprint density at radius 2 is 2.20 bits per heavy atom. The van der Waals surface area contributed by atoms with E-state index in [4.69, 9.17) is 14.6 Å². The van der Waals surface area contributed by atoms with Crippen LogP contribution in [0.15, 0.2) is 18.2 Å². The van der Waals surface area contributed by atoms with Gasteiger partial charge < -0.3 is 24.8 Å². The van der Waals surface area contributed by atoms with Crippen LogP contribution in [0.2, 0.25) is 0 Å². The third-order valence-electron chi connectivity index (χ3n) is 2.92. The molecule has 1 aromatic rings. The molecule has 0 saturated carbocycles.